The van der Waals surface area contributed by atoms with Gasteiger partial charge >= 0.3 is 0 Å². The Labute approximate surface area is 122 Å². The van der Waals surface area contributed by atoms with E-state index < -0.39 is 10.0 Å². The highest BCUT2D eigenvalue weighted by Gasteiger charge is 2.25. The van der Waals surface area contributed by atoms with Gasteiger partial charge in [-0.1, -0.05) is 30.3 Å². The summed E-state index contributed by atoms with van der Waals surface area (Å²) in [6.07, 6.45) is 5.26. The van der Waals surface area contributed by atoms with Crippen LogP contribution in [-0.2, 0) is 10.0 Å². The molecule has 1 saturated heterocycles. The Kier molecular flexibility index (Phi) is 5.18. The molecule has 1 heterocycles. The SMILES string of the molecule is CS(=O)(=O)N1CCCC(CCC(N)c2ccccc2)C1. The zero-order valence-corrected chi connectivity index (χ0v) is 12.8. The second-order valence-corrected chi connectivity index (χ2v) is 7.71. The summed E-state index contributed by atoms with van der Waals surface area (Å²) < 4.78 is 24.8. The lowest BCUT2D eigenvalue weighted by atomic mass is 9.91. The molecular weight excluding hydrogens is 272 g/mol. The predicted octanol–water partition coefficient (Wildman–Crippen LogP) is 2.14. The molecule has 0 aromatic heterocycles. The van der Waals surface area contributed by atoms with Crippen molar-refractivity contribution in [1.82, 2.24) is 4.31 Å². The van der Waals surface area contributed by atoms with E-state index in [1.807, 2.05) is 30.3 Å². The Bertz CT molecular complexity index is 516. The van der Waals surface area contributed by atoms with Gasteiger partial charge in [0, 0.05) is 19.1 Å². The number of nitrogens with zero attached hydrogens (tertiary/aromatic N) is 1. The Balaban J connectivity index is 1.85. The van der Waals surface area contributed by atoms with Crippen molar-refractivity contribution < 1.29 is 8.42 Å². The zero-order chi connectivity index (χ0) is 14.6. The number of sulfonamides is 1. The second-order valence-electron chi connectivity index (χ2n) is 5.72. The molecule has 2 unspecified atom stereocenters. The van der Waals surface area contributed by atoms with Crippen LogP contribution in [0.3, 0.4) is 0 Å². The van der Waals surface area contributed by atoms with Crippen molar-refractivity contribution in [3.05, 3.63) is 35.9 Å². The molecule has 112 valence electrons. The van der Waals surface area contributed by atoms with Crippen molar-refractivity contribution in [1.29, 1.82) is 0 Å². The molecule has 1 aromatic carbocycles. The zero-order valence-electron chi connectivity index (χ0n) is 12.0. The van der Waals surface area contributed by atoms with Gasteiger partial charge in [-0.15, -0.1) is 0 Å². The molecule has 0 radical (unpaired) electrons. The quantitative estimate of drug-likeness (QED) is 0.905. The maximum absolute atomic E-state index is 11.6. The number of piperidine rings is 1. The Morgan fingerprint density at radius 2 is 2.05 bits per heavy atom. The maximum atomic E-state index is 11.6. The van der Waals surface area contributed by atoms with E-state index in [1.165, 1.54) is 6.26 Å². The summed E-state index contributed by atoms with van der Waals surface area (Å²) in [5, 5.41) is 0. The normalized spacial score (nSPS) is 22.6. The van der Waals surface area contributed by atoms with Crippen molar-refractivity contribution in [3.63, 3.8) is 0 Å². The van der Waals surface area contributed by atoms with Gasteiger partial charge in [-0.25, -0.2) is 12.7 Å². The molecule has 0 aliphatic carbocycles. The van der Waals surface area contributed by atoms with Crippen molar-refractivity contribution >= 4 is 10.0 Å². The number of rotatable bonds is 5. The topological polar surface area (TPSA) is 63.4 Å². The van der Waals surface area contributed by atoms with Gasteiger partial charge in [-0.3, -0.25) is 0 Å². The van der Waals surface area contributed by atoms with E-state index in [9.17, 15) is 8.42 Å². The molecule has 0 bridgehead atoms. The molecule has 0 saturated carbocycles. The average molecular weight is 296 g/mol. The summed E-state index contributed by atoms with van der Waals surface area (Å²) in [5.74, 6) is 0.438. The van der Waals surface area contributed by atoms with Gasteiger partial charge in [0.25, 0.3) is 0 Å². The fourth-order valence-corrected chi connectivity index (χ4v) is 3.79. The van der Waals surface area contributed by atoms with Gasteiger partial charge in [0.1, 0.15) is 0 Å². The minimum absolute atomic E-state index is 0.0461. The standard InChI is InChI=1S/C15H24N2O2S/c1-20(18,19)17-11-5-6-13(12-17)9-10-15(16)14-7-3-2-4-8-14/h2-4,7-8,13,15H,5-6,9-12,16H2,1H3. The summed E-state index contributed by atoms with van der Waals surface area (Å²) in [6.45, 7) is 1.32. The van der Waals surface area contributed by atoms with E-state index in [2.05, 4.69) is 0 Å². The summed E-state index contributed by atoms with van der Waals surface area (Å²) in [5.41, 5.74) is 7.36. The monoisotopic (exact) mass is 296 g/mol. The van der Waals surface area contributed by atoms with E-state index in [0.29, 0.717) is 19.0 Å². The lowest BCUT2D eigenvalue weighted by Crippen LogP contribution is -2.39. The molecule has 20 heavy (non-hydrogen) atoms. The van der Waals surface area contributed by atoms with Crippen molar-refractivity contribution in [3.8, 4) is 0 Å². The van der Waals surface area contributed by atoms with Crippen LogP contribution in [0, 0.1) is 5.92 Å². The predicted molar refractivity (Wildman–Crippen MR) is 81.7 cm³/mol. The summed E-state index contributed by atoms with van der Waals surface area (Å²) in [6, 6.07) is 10.1. The fourth-order valence-electron chi connectivity index (χ4n) is 2.85. The van der Waals surface area contributed by atoms with Crippen molar-refractivity contribution in [2.45, 2.75) is 31.7 Å². The van der Waals surface area contributed by atoms with Crippen molar-refractivity contribution in [2.24, 2.45) is 11.7 Å². The first-order valence-corrected chi connectivity index (χ1v) is 9.07. The number of nitrogens with two attached hydrogens (primary N) is 1. The third kappa shape index (κ3) is 4.30. The largest absolute Gasteiger partial charge is 0.324 e. The van der Waals surface area contributed by atoms with Crippen LogP contribution in [0.25, 0.3) is 0 Å². The first-order chi connectivity index (χ1) is 9.47. The van der Waals surface area contributed by atoms with Crippen LogP contribution < -0.4 is 5.73 Å². The van der Waals surface area contributed by atoms with Crippen LogP contribution >= 0.6 is 0 Å². The minimum atomic E-state index is -3.05. The average Bonchev–Trinajstić information content (AvgIpc) is 2.45. The smallest absolute Gasteiger partial charge is 0.211 e. The van der Waals surface area contributed by atoms with Gasteiger partial charge in [-0.05, 0) is 37.2 Å². The Morgan fingerprint density at radius 3 is 2.70 bits per heavy atom. The molecule has 0 amide bonds. The summed E-state index contributed by atoms with van der Waals surface area (Å²) >= 11 is 0. The third-order valence-electron chi connectivity index (χ3n) is 4.06. The van der Waals surface area contributed by atoms with E-state index in [1.54, 1.807) is 4.31 Å². The summed E-state index contributed by atoms with van der Waals surface area (Å²) in [4.78, 5) is 0. The number of hydrogen-bond donors (Lipinski definition) is 1. The molecule has 2 N–H and O–H groups in total. The maximum Gasteiger partial charge on any atom is 0.211 e. The molecule has 2 atom stereocenters. The lowest BCUT2D eigenvalue weighted by molar-refractivity contribution is 0.250. The van der Waals surface area contributed by atoms with E-state index >= 15 is 0 Å². The number of benzene rings is 1. The Hall–Kier alpha value is -0.910. The van der Waals surface area contributed by atoms with Gasteiger partial charge in [0.05, 0.1) is 6.26 Å². The Morgan fingerprint density at radius 1 is 1.35 bits per heavy atom. The molecule has 1 aliphatic rings. The highest BCUT2D eigenvalue weighted by molar-refractivity contribution is 7.88. The fraction of sp³-hybridized carbons (Fsp3) is 0.600. The van der Waals surface area contributed by atoms with Gasteiger partial charge in [0.15, 0.2) is 0 Å². The summed E-state index contributed by atoms with van der Waals surface area (Å²) in [7, 11) is -3.05. The van der Waals surface area contributed by atoms with E-state index in [0.717, 1.165) is 31.2 Å². The van der Waals surface area contributed by atoms with Crippen LogP contribution in [0.4, 0.5) is 0 Å². The third-order valence-corrected chi connectivity index (χ3v) is 5.33. The first-order valence-electron chi connectivity index (χ1n) is 7.22. The van der Waals surface area contributed by atoms with E-state index in [-0.39, 0.29) is 6.04 Å². The first kappa shape index (κ1) is 15.5. The minimum Gasteiger partial charge on any atom is -0.324 e. The van der Waals surface area contributed by atoms with Crippen molar-refractivity contribution in [2.75, 3.05) is 19.3 Å². The van der Waals surface area contributed by atoms with Gasteiger partial charge in [-0.2, -0.15) is 0 Å². The van der Waals surface area contributed by atoms with Crippen LogP contribution in [0.5, 0.6) is 0 Å². The second kappa shape index (κ2) is 6.70. The van der Waals surface area contributed by atoms with Gasteiger partial charge in [0.2, 0.25) is 10.0 Å². The molecule has 1 aliphatic heterocycles. The van der Waals surface area contributed by atoms with Crippen LogP contribution in [0.1, 0.15) is 37.3 Å². The highest BCUT2D eigenvalue weighted by atomic mass is 32.2. The molecule has 5 heteroatoms. The molecule has 0 spiro atoms. The van der Waals surface area contributed by atoms with Crippen LogP contribution in [-0.4, -0.2) is 32.1 Å². The lowest BCUT2D eigenvalue weighted by Gasteiger charge is -2.31. The van der Waals surface area contributed by atoms with Gasteiger partial charge < -0.3 is 5.73 Å². The molecule has 2 rings (SSSR count). The number of hydrogen-bond acceptors (Lipinski definition) is 3. The van der Waals surface area contributed by atoms with E-state index in [4.69, 9.17) is 5.73 Å². The van der Waals surface area contributed by atoms with Crippen LogP contribution in [0.2, 0.25) is 0 Å². The molecule has 1 fully saturated rings. The molecule has 1 aromatic rings. The molecular formula is C15H24N2O2S. The highest BCUT2D eigenvalue weighted by Crippen LogP contribution is 2.25. The molecule has 4 nitrogen and oxygen atoms in total. The van der Waals surface area contributed by atoms with Crippen LogP contribution in [0.15, 0.2) is 30.3 Å².